The number of hydrogen-bond acceptors (Lipinski definition) is 2. The molecule has 0 aromatic heterocycles. The van der Waals surface area contributed by atoms with Crippen LogP contribution in [0.4, 0.5) is 0 Å². The van der Waals surface area contributed by atoms with E-state index in [0.717, 1.165) is 12.3 Å². The van der Waals surface area contributed by atoms with E-state index in [4.69, 9.17) is 4.74 Å². The van der Waals surface area contributed by atoms with E-state index in [9.17, 15) is 0 Å². The van der Waals surface area contributed by atoms with Gasteiger partial charge in [-0.25, -0.2) is 0 Å². The Kier molecular flexibility index (Phi) is 5.97. The monoisotopic (exact) mass is 253 g/mol. The van der Waals surface area contributed by atoms with Gasteiger partial charge in [-0.15, -0.1) is 0 Å². The molecule has 0 spiro atoms. The van der Waals surface area contributed by atoms with Crippen LogP contribution in [0.15, 0.2) is 0 Å². The molecule has 2 heteroatoms. The number of nitrogens with one attached hydrogen (secondary N) is 1. The van der Waals surface area contributed by atoms with Gasteiger partial charge < -0.3 is 10.1 Å². The Balaban J connectivity index is 1.95. The van der Waals surface area contributed by atoms with Crippen LogP contribution < -0.4 is 5.32 Å². The lowest BCUT2D eigenvalue weighted by molar-refractivity contribution is -0.0674. The highest BCUT2D eigenvalue weighted by Crippen LogP contribution is 2.32. The minimum atomic E-state index is 0.417. The summed E-state index contributed by atoms with van der Waals surface area (Å²) in [5.74, 6) is 0.809. The van der Waals surface area contributed by atoms with Crippen LogP contribution in [0.2, 0.25) is 0 Å². The Bertz CT molecular complexity index is 201. The normalized spacial score (nSPS) is 30.0. The Morgan fingerprint density at radius 2 is 1.78 bits per heavy atom. The zero-order chi connectivity index (χ0) is 12.8. The van der Waals surface area contributed by atoms with Gasteiger partial charge in [0.2, 0.25) is 0 Å². The molecule has 0 radical (unpaired) electrons. The van der Waals surface area contributed by atoms with Crippen LogP contribution in [0.1, 0.15) is 71.6 Å². The van der Waals surface area contributed by atoms with Crippen molar-refractivity contribution in [3.8, 4) is 0 Å². The maximum absolute atomic E-state index is 6.42. The number of rotatable bonds is 5. The van der Waals surface area contributed by atoms with E-state index < -0.39 is 0 Å². The molecule has 0 aromatic carbocycles. The molecule has 1 saturated heterocycles. The zero-order valence-corrected chi connectivity index (χ0v) is 12.3. The second-order valence-corrected chi connectivity index (χ2v) is 6.27. The molecule has 0 amide bonds. The molecular formula is C16H31NO. The molecule has 3 atom stereocenters. The van der Waals surface area contributed by atoms with E-state index in [1.165, 1.54) is 57.9 Å². The second-order valence-electron chi connectivity index (χ2n) is 6.27. The van der Waals surface area contributed by atoms with Crippen molar-refractivity contribution in [1.82, 2.24) is 5.32 Å². The molecule has 1 N–H and O–H groups in total. The van der Waals surface area contributed by atoms with Gasteiger partial charge in [-0.1, -0.05) is 32.6 Å². The van der Waals surface area contributed by atoms with Crippen molar-refractivity contribution in [2.24, 2.45) is 5.92 Å². The number of ether oxygens (including phenoxy) is 1. The summed E-state index contributed by atoms with van der Waals surface area (Å²) in [6.07, 6.45) is 13.1. The van der Waals surface area contributed by atoms with Crippen LogP contribution in [0.25, 0.3) is 0 Å². The van der Waals surface area contributed by atoms with Crippen molar-refractivity contribution in [3.05, 3.63) is 0 Å². The van der Waals surface area contributed by atoms with Crippen LogP contribution in [0, 0.1) is 5.92 Å². The predicted molar refractivity (Wildman–Crippen MR) is 76.8 cm³/mol. The van der Waals surface area contributed by atoms with E-state index in [1.54, 1.807) is 0 Å². The van der Waals surface area contributed by atoms with Crippen molar-refractivity contribution < 1.29 is 4.74 Å². The Morgan fingerprint density at radius 1 is 1.06 bits per heavy atom. The van der Waals surface area contributed by atoms with Gasteiger partial charge in [-0.05, 0) is 51.5 Å². The molecule has 1 aliphatic carbocycles. The third kappa shape index (κ3) is 3.96. The predicted octanol–water partition coefficient (Wildman–Crippen LogP) is 3.89. The molecule has 1 saturated carbocycles. The summed E-state index contributed by atoms with van der Waals surface area (Å²) in [5.41, 5.74) is 0. The topological polar surface area (TPSA) is 21.3 Å². The molecular weight excluding hydrogens is 222 g/mol. The van der Waals surface area contributed by atoms with Crippen LogP contribution in [0.5, 0.6) is 0 Å². The third-order valence-corrected chi connectivity index (χ3v) is 4.82. The second kappa shape index (κ2) is 7.49. The first kappa shape index (κ1) is 14.3. The Hall–Kier alpha value is -0.0800. The third-order valence-electron chi connectivity index (χ3n) is 4.82. The zero-order valence-electron chi connectivity index (χ0n) is 12.3. The van der Waals surface area contributed by atoms with E-state index >= 15 is 0 Å². The molecule has 2 fully saturated rings. The smallest absolute Gasteiger partial charge is 0.0759 e. The van der Waals surface area contributed by atoms with E-state index in [2.05, 4.69) is 19.2 Å². The van der Waals surface area contributed by atoms with Crippen LogP contribution in [-0.2, 0) is 4.74 Å². The molecule has 1 aliphatic heterocycles. The van der Waals surface area contributed by atoms with Gasteiger partial charge in [0.25, 0.3) is 0 Å². The summed E-state index contributed by atoms with van der Waals surface area (Å²) >= 11 is 0. The van der Waals surface area contributed by atoms with Gasteiger partial charge in [0.05, 0.1) is 12.2 Å². The quantitative estimate of drug-likeness (QED) is 0.802. The maximum atomic E-state index is 6.42. The first-order valence-electron chi connectivity index (χ1n) is 8.20. The fourth-order valence-corrected chi connectivity index (χ4v) is 3.52. The maximum Gasteiger partial charge on any atom is 0.0759 e. The van der Waals surface area contributed by atoms with E-state index in [-0.39, 0.29) is 0 Å². The average Bonchev–Trinajstić information content (AvgIpc) is 2.46. The Labute approximate surface area is 113 Å². The van der Waals surface area contributed by atoms with Crippen LogP contribution in [-0.4, -0.2) is 24.8 Å². The van der Waals surface area contributed by atoms with Gasteiger partial charge in [0.15, 0.2) is 0 Å². The minimum Gasteiger partial charge on any atom is -0.373 e. The minimum absolute atomic E-state index is 0.417. The number of piperidine rings is 1. The van der Waals surface area contributed by atoms with Gasteiger partial charge in [0, 0.05) is 6.04 Å². The summed E-state index contributed by atoms with van der Waals surface area (Å²) in [5, 5.41) is 3.72. The molecule has 3 unspecified atom stereocenters. The molecule has 2 nitrogen and oxygen atoms in total. The summed E-state index contributed by atoms with van der Waals surface area (Å²) in [4.78, 5) is 0. The highest BCUT2D eigenvalue weighted by atomic mass is 16.5. The van der Waals surface area contributed by atoms with Gasteiger partial charge in [-0.3, -0.25) is 0 Å². The summed E-state index contributed by atoms with van der Waals surface area (Å²) in [6.45, 7) is 5.66. The molecule has 0 aromatic rings. The first-order chi connectivity index (χ1) is 8.81. The average molecular weight is 253 g/mol. The fraction of sp³-hybridized carbons (Fsp3) is 1.00. The van der Waals surface area contributed by atoms with Crippen LogP contribution in [0.3, 0.4) is 0 Å². The standard InChI is InChI=1S/C16H31NO/c1-3-13(2)18-16(14-9-5-4-6-10-14)15-11-7-8-12-17-15/h13-17H,3-12H2,1-2H3. The van der Waals surface area contributed by atoms with Crippen LogP contribution >= 0.6 is 0 Å². The van der Waals surface area contributed by atoms with Gasteiger partial charge >= 0.3 is 0 Å². The fourth-order valence-electron chi connectivity index (χ4n) is 3.52. The van der Waals surface area contributed by atoms with Crippen molar-refractivity contribution in [2.75, 3.05) is 6.54 Å². The molecule has 106 valence electrons. The SMILES string of the molecule is CCC(C)OC(C1CCCCC1)C1CCCCN1. The number of hydrogen-bond donors (Lipinski definition) is 1. The van der Waals surface area contributed by atoms with Gasteiger partial charge in [-0.2, -0.15) is 0 Å². The van der Waals surface area contributed by atoms with Crippen molar-refractivity contribution in [1.29, 1.82) is 0 Å². The van der Waals surface area contributed by atoms with E-state index in [0.29, 0.717) is 18.2 Å². The summed E-state index contributed by atoms with van der Waals surface area (Å²) in [7, 11) is 0. The summed E-state index contributed by atoms with van der Waals surface area (Å²) in [6, 6.07) is 0.621. The molecule has 18 heavy (non-hydrogen) atoms. The lowest BCUT2D eigenvalue weighted by atomic mass is 9.80. The molecule has 1 heterocycles. The lowest BCUT2D eigenvalue weighted by Crippen LogP contribution is -2.49. The lowest BCUT2D eigenvalue weighted by Gasteiger charge is -2.39. The highest BCUT2D eigenvalue weighted by Gasteiger charge is 2.32. The van der Waals surface area contributed by atoms with Crippen molar-refractivity contribution in [3.63, 3.8) is 0 Å². The van der Waals surface area contributed by atoms with Crippen molar-refractivity contribution >= 4 is 0 Å². The Morgan fingerprint density at radius 3 is 2.39 bits per heavy atom. The van der Waals surface area contributed by atoms with Crippen molar-refractivity contribution in [2.45, 2.75) is 89.9 Å². The largest absolute Gasteiger partial charge is 0.373 e. The first-order valence-corrected chi connectivity index (χ1v) is 8.20. The molecule has 0 bridgehead atoms. The van der Waals surface area contributed by atoms with Gasteiger partial charge in [0.1, 0.15) is 0 Å². The van der Waals surface area contributed by atoms with E-state index in [1.807, 2.05) is 0 Å². The molecule has 2 aliphatic rings. The summed E-state index contributed by atoms with van der Waals surface area (Å²) < 4.78 is 6.42. The highest BCUT2D eigenvalue weighted by molar-refractivity contribution is 4.87. The molecule has 2 rings (SSSR count).